The van der Waals surface area contributed by atoms with Crippen LogP contribution in [0.2, 0.25) is 0 Å². The molecule has 26 heavy (non-hydrogen) atoms. The number of aromatic nitrogens is 1. The van der Waals surface area contributed by atoms with Gasteiger partial charge in [0, 0.05) is 42.9 Å². The largest absolute Gasteiger partial charge is 0.324 e. The first-order valence-corrected chi connectivity index (χ1v) is 10.2. The van der Waals surface area contributed by atoms with Gasteiger partial charge in [-0.15, -0.1) is 0 Å². The molecule has 1 atom stereocenters. The fraction of sp³-hybridized carbons (Fsp3) is 0.389. The fourth-order valence-corrected chi connectivity index (χ4v) is 4.69. The average Bonchev–Trinajstić information content (AvgIpc) is 3.26. The molecule has 2 heterocycles. The lowest BCUT2D eigenvalue weighted by molar-refractivity contribution is 0.222. The Morgan fingerprint density at radius 2 is 1.92 bits per heavy atom. The Balaban J connectivity index is 1.64. The summed E-state index contributed by atoms with van der Waals surface area (Å²) >= 11 is 0. The van der Waals surface area contributed by atoms with Gasteiger partial charge in [0.15, 0.2) is 0 Å². The van der Waals surface area contributed by atoms with Crippen molar-refractivity contribution in [1.82, 2.24) is 14.2 Å². The van der Waals surface area contributed by atoms with Gasteiger partial charge < -0.3 is 14.8 Å². The normalized spacial score (nSPS) is 17.7. The molecule has 0 bridgehead atoms. The summed E-state index contributed by atoms with van der Waals surface area (Å²) in [7, 11) is -3.41. The van der Waals surface area contributed by atoms with Crippen LogP contribution in [-0.2, 0) is 10.0 Å². The van der Waals surface area contributed by atoms with Gasteiger partial charge in [-0.05, 0) is 50.6 Å². The van der Waals surface area contributed by atoms with Crippen LogP contribution in [-0.4, -0.2) is 48.3 Å². The Morgan fingerprint density at radius 1 is 1.19 bits per heavy atom. The highest BCUT2D eigenvalue weighted by molar-refractivity contribution is 7.90. The van der Waals surface area contributed by atoms with Crippen LogP contribution in [0, 0.1) is 0 Å². The zero-order valence-corrected chi connectivity index (χ0v) is 15.7. The standard InChI is InChI=1S/C18H24N4O3S/c1-14(2)20-26(24,25)17-8-11-22(13-17)18(23)19-15-6-5-7-16(12-15)21-9-3-4-10-21/h3-7,9-10,12,14,17,20H,8,11,13H2,1-2H3,(H,19,23)/t17-/m1/s1. The van der Waals surface area contributed by atoms with Gasteiger partial charge in [0.25, 0.3) is 0 Å². The highest BCUT2D eigenvalue weighted by Crippen LogP contribution is 2.19. The Kier molecular flexibility index (Phi) is 5.33. The molecule has 2 amide bonds. The van der Waals surface area contributed by atoms with Gasteiger partial charge in [0.1, 0.15) is 0 Å². The quantitative estimate of drug-likeness (QED) is 0.841. The Bertz CT molecular complexity index is 862. The van der Waals surface area contributed by atoms with E-state index in [1.807, 2.05) is 53.4 Å². The lowest BCUT2D eigenvalue weighted by Crippen LogP contribution is -2.41. The van der Waals surface area contributed by atoms with E-state index in [0.717, 1.165) is 5.69 Å². The molecule has 8 heteroatoms. The third-order valence-corrected chi connectivity index (χ3v) is 6.33. The number of urea groups is 1. The second-order valence-electron chi connectivity index (χ2n) is 6.75. The predicted molar refractivity (Wildman–Crippen MR) is 102 cm³/mol. The monoisotopic (exact) mass is 376 g/mol. The van der Waals surface area contributed by atoms with Crippen LogP contribution in [0.15, 0.2) is 48.8 Å². The highest BCUT2D eigenvalue weighted by Gasteiger charge is 2.35. The first kappa shape index (κ1) is 18.5. The van der Waals surface area contributed by atoms with Gasteiger partial charge in [0.2, 0.25) is 10.0 Å². The summed E-state index contributed by atoms with van der Waals surface area (Å²) in [5.41, 5.74) is 1.61. The average molecular weight is 376 g/mol. The smallest absolute Gasteiger partial charge is 0.321 e. The van der Waals surface area contributed by atoms with Gasteiger partial charge in [-0.2, -0.15) is 0 Å². The molecule has 0 saturated carbocycles. The van der Waals surface area contributed by atoms with Gasteiger partial charge >= 0.3 is 6.03 Å². The highest BCUT2D eigenvalue weighted by atomic mass is 32.2. The predicted octanol–water partition coefficient (Wildman–Crippen LogP) is 2.41. The van der Waals surface area contributed by atoms with Crippen molar-refractivity contribution in [2.24, 2.45) is 0 Å². The van der Waals surface area contributed by atoms with E-state index < -0.39 is 15.3 Å². The summed E-state index contributed by atoms with van der Waals surface area (Å²) in [4.78, 5) is 14.0. The molecule has 2 N–H and O–H groups in total. The number of carbonyl (C=O) groups excluding carboxylic acids is 1. The Morgan fingerprint density at radius 3 is 2.62 bits per heavy atom. The molecule has 0 unspecified atom stereocenters. The van der Waals surface area contributed by atoms with E-state index in [-0.39, 0.29) is 18.6 Å². The molecule has 0 spiro atoms. The number of rotatable bonds is 5. The maximum atomic E-state index is 12.5. The van der Waals surface area contributed by atoms with E-state index in [1.54, 1.807) is 18.7 Å². The molecule has 7 nitrogen and oxygen atoms in total. The van der Waals surface area contributed by atoms with E-state index in [9.17, 15) is 13.2 Å². The van der Waals surface area contributed by atoms with Crippen molar-refractivity contribution < 1.29 is 13.2 Å². The van der Waals surface area contributed by atoms with Crippen molar-refractivity contribution in [2.45, 2.75) is 31.6 Å². The first-order valence-electron chi connectivity index (χ1n) is 8.65. The Hall–Kier alpha value is -2.32. The lowest BCUT2D eigenvalue weighted by atomic mass is 10.2. The van der Waals surface area contributed by atoms with Crippen LogP contribution >= 0.6 is 0 Å². The van der Waals surface area contributed by atoms with Crippen molar-refractivity contribution in [3.05, 3.63) is 48.8 Å². The number of benzene rings is 1. The van der Waals surface area contributed by atoms with E-state index in [1.165, 1.54) is 0 Å². The van der Waals surface area contributed by atoms with Crippen molar-refractivity contribution in [3.8, 4) is 5.69 Å². The van der Waals surface area contributed by atoms with Crippen LogP contribution in [0.4, 0.5) is 10.5 Å². The third-order valence-electron chi connectivity index (χ3n) is 4.27. The number of likely N-dealkylation sites (tertiary alicyclic amines) is 1. The molecule has 2 aromatic rings. The summed E-state index contributed by atoms with van der Waals surface area (Å²) in [6, 6.07) is 10.9. The molecule has 0 radical (unpaired) electrons. The van der Waals surface area contributed by atoms with E-state index in [2.05, 4.69) is 10.0 Å². The minimum atomic E-state index is -3.41. The summed E-state index contributed by atoms with van der Waals surface area (Å²) in [6.07, 6.45) is 4.30. The first-order chi connectivity index (χ1) is 12.3. The van der Waals surface area contributed by atoms with Crippen LogP contribution < -0.4 is 10.0 Å². The molecular weight excluding hydrogens is 352 g/mol. The maximum absolute atomic E-state index is 12.5. The van der Waals surface area contributed by atoms with E-state index in [0.29, 0.717) is 18.7 Å². The summed E-state index contributed by atoms with van der Waals surface area (Å²) in [5.74, 6) is 0. The molecule has 1 aromatic heterocycles. The van der Waals surface area contributed by atoms with Gasteiger partial charge in [-0.1, -0.05) is 6.07 Å². The molecule has 1 aliphatic rings. The number of hydrogen-bond acceptors (Lipinski definition) is 3. The number of amides is 2. The molecule has 1 fully saturated rings. The van der Waals surface area contributed by atoms with Gasteiger partial charge in [-0.25, -0.2) is 17.9 Å². The van der Waals surface area contributed by atoms with Crippen molar-refractivity contribution in [3.63, 3.8) is 0 Å². The number of nitrogens with one attached hydrogen (secondary N) is 2. The van der Waals surface area contributed by atoms with Crippen molar-refractivity contribution in [2.75, 3.05) is 18.4 Å². The van der Waals surface area contributed by atoms with E-state index >= 15 is 0 Å². The minimum absolute atomic E-state index is 0.153. The maximum Gasteiger partial charge on any atom is 0.321 e. The van der Waals surface area contributed by atoms with Crippen LogP contribution in [0.25, 0.3) is 5.69 Å². The summed E-state index contributed by atoms with van der Waals surface area (Å²) in [5, 5.41) is 2.29. The molecule has 1 saturated heterocycles. The lowest BCUT2D eigenvalue weighted by Gasteiger charge is -2.19. The number of nitrogens with zero attached hydrogens (tertiary/aromatic N) is 2. The van der Waals surface area contributed by atoms with Crippen molar-refractivity contribution in [1.29, 1.82) is 0 Å². The van der Waals surface area contributed by atoms with Gasteiger partial charge in [-0.3, -0.25) is 0 Å². The second kappa shape index (κ2) is 7.51. The zero-order chi connectivity index (χ0) is 18.7. The van der Waals surface area contributed by atoms with Crippen LogP contribution in [0.5, 0.6) is 0 Å². The molecular formula is C18H24N4O3S. The summed E-state index contributed by atoms with van der Waals surface area (Å²) < 4.78 is 29.1. The number of hydrogen-bond donors (Lipinski definition) is 2. The minimum Gasteiger partial charge on any atom is -0.324 e. The van der Waals surface area contributed by atoms with E-state index in [4.69, 9.17) is 0 Å². The Labute approximate surface area is 154 Å². The number of carbonyl (C=O) groups is 1. The third kappa shape index (κ3) is 4.25. The molecule has 1 aliphatic heterocycles. The van der Waals surface area contributed by atoms with Gasteiger partial charge in [0.05, 0.1) is 5.25 Å². The zero-order valence-electron chi connectivity index (χ0n) is 14.9. The van der Waals surface area contributed by atoms with Crippen LogP contribution in [0.3, 0.4) is 0 Å². The SMILES string of the molecule is CC(C)NS(=O)(=O)[C@@H]1CCN(C(=O)Nc2cccc(-n3cccc3)c2)C1. The fourth-order valence-electron chi connectivity index (χ4n) is 3.04. The summed E-state index contributed by atoms with van der Waals surface area (Å²) in [6.45, 7) is 4.20. The topological polar surface area (TPSA) is 83.4 Å². The molecule has 3 rings (SSSR count). The van der Waals surface area contributed by atoms with Crippen molar-refractivity contribution >= 4 is 21.7 Å². The number of sulfonamides is 1. The number of anilines is 1. The molecule has 1 aromatic carbocycles. The van der Waals surface area contributed by atoms with Crippen LogP contribution in [0.1, 0.15) is 20.3 Å². The molecule has 140 valence electrons. The second-order valence-corrected chi connectivity index (χ2v) is 8.74. The molecule has 0 aliphatic carbocycles.